The summed E-state index contributed by atoms with van der Waals surface area (Å²) in [5.74, 6) is 1.39. The average molecular weight is 343 g/mol. The van der Waals surface area contributed by atoms with Crippen LogP contribution in [0.3, 0.4) is 0 Å². The van der Waals surface area contributed by atoms with Crippen molar-refractivity contribution in [3.8, 4) is 0 Å². The van der Waals surface area contributed by atoms with E-state index in [2.05, 4.69) is 17.4 Å². The zero-order valence-corrected chi connectivity index (χ0v) is 14.2. The minimum atomic E-state index is -0.337. The van der Waals surface area contributed by atoms with Crippen molar-refractivity contribution in [1.82, 2.24) is 5.32 Å². The number of rotatable bonds is 6. The molecule has 2 aromatic carbocycles. The van der Waals surface area contributed by atoms with Crippen LogP contribution in [0.4, 0.5) is 4.39 Å². The maximum absolute atomic E-state index is 13.3. The highest BCUT2D eigenvalue weighted by atomic mass is 32.2. The molecule has 0 aliphatic carbocycles. The van der Waals surface area contributed by atoms with Gasteiger partial charge in [0.15, 0.2) is 5.76 Å². The lowest BCUT2D eigenvalue weighted by Gasteiger charge is -2.04. The van der Waals surface area contributed by atoms with E-state index in [-0.39, 0.29) is 17.5 Å². The quantitative estimate of drug-likeness (QED) is 0.668. The first-order valence-corrected chi connectivity index (χ1v) is 8.89. The van der Waals surface area contributed by atoms with Gasteiger partial charge < -0.3 is 9.73 Å². The number of furan rings is 1. The molecule has 0 bridgehead atoms. The minimum absolute atomic E-state index is 0.253. The summed E-state index contributed by atoms with van der Waals surface area (Å²) in [6.07, 6.45) is 0. The van der Waals surface area contributed by atoms with Gasteiger partial charge in [-0.05, 0) is 30.7 Å². The Bertz CT molecular complexity index is 845. The van der Waals surface area contributed by atoms with Gasteiger partial charge in [0.25, 0.3) is 5.91 Å². The van der Waals surface area contributed by atoms with Crippen LogP contribution in [-0.2, 0) is 5.75 Å². The lowest BCUT2D eigenvalue weighted by Crippen LogP contribution is -2.25. The first-order chi connectivity index (χ1) is 11.6. The van der Waals surface area contributed by atoms with Crippen LogP contribution in [0.1, 0.15) is 21.7 Å². The topological polar surface area (TPSA) is 42.2 Å². The van der Waals surface area contributed by atoms with Crippen molar-refractivity contribution < 1.29 is 13.6 Å². The maximum atomic E-state index is 13.3. The molecule has 0 saturated carbocycles. The number of thioether (sulfide) groups is 1. The molecule has 1 aromatic heterocycles. The predicted octanol–water partition coefficient (Wildman–Crippen LogP) is 4.54. The number of nitrogens with one attached hydrogen (secondary N) is 1. The van der Waals surface area contributed by atoms with Gasteiger partial charge in [-0.15, -0.1) is 0 Å². The minimum Gasteiger partial charge on any atom is -0.451 e. The molecule has 0 saturated heterocycles. The van der Waals surface area contributed by atoms with E-state index >= 15 is 0 Å². The number of hydrogen-bond donors (Lipinski definition) is 1. The molecule has 0 radical (unpaired) electrons. The average Bonchev–Trinajstić information content (AvgIpc) is 2.92. The molecule has 1 heterocycles. The van der Waals surface area contributed by atoms with Crippen LogP contribution < -0.4 is 5.32 Å². The number of fused-ring (bicyclic) bond motifs is 1. The van der Waals surface area contributed by atoms with Crippen molar-refractivity contribution in [2.45, 2.75) is 12.7 Å². The summed E-state index contributed by atoms with van der Waals surface area (Å²) < 4.78 is 18.9. The van der Waals surface area contributed by atoms with Gasteiger partial charge in [-0.25, -0.2) is 4.39 Å². The van der Waals surface area contributed by atoms with Crippen molar-refractivity contribution in [3.05, 3.63) is 71.2 Å². The molecule has 0 atom stereocenters. The first kappa shape index (κ1) is 16.6. The number of carbonyl (C=O) groups is 1. The third-order valence-electron chi connectivity index (χ3n) is 3.75. The number of halogens is 1. The summed E-state index contributed by atoms with van der Waals surface area (Å²) in [7, 11) is 0. The summed E-state index contributed by atoms with van der Waals surface area (Å²) in [6, 6.07) is 14.5. The Balaban J connectivity index is 1.53. The van der Waals surface area contributed by atoms with Crippen LogP contribution in [0.15, 0.2) is 52.9 Å². The van der Waals surface area contributed by atoms with Gasteiger partial charge in [-0.3, -0.25) is 4.79 Å². The fraction of sp³-hybridized carbons (Fsp3) is 0.211. The molecular formula is C19H18FNO2S. The maximum Gasteiger partial charge on any atom is 0.287 e. The van der Waals surface area contributed by atoms with E-state index in [1.807, 2.05) is 18.2 Å². The van der Waals surface area contributed by atoms with Gasteiger partial charge in [0.1, 0.15) is 11.4 Å². The number of carbonyl (C=O) groups excluding carboxylic acids is 1. The largest absolute Gasteiger partial charge is 0.451 e. The van der Waals surface area contributed by atoms with Gasteiger partial charge in [0.2, 0.25) is 0 Å². The van der Waals surface area contributed by atoms with Crippen LogP contribution in [0.5, 0.6) is 0 Å². The summed E-state index contributed by atoms with van der Waals surface area (Å²) in [4.78, 5) is 12.2. The molecule has 0 aliphatic heterocycles. The third kappa shape index (κ3) is 3.79. The van der Waals surface area contributed by atoms with Crippen LogP contribution in [0.2, 0.25) is 0 Å². The summed E-state index contributed by atoms with van der Waals surface area (Å²) in [6.45, 7) is 2.32. The number of hydrogen-bond acceptors (Lipinski definition) is 3. The molecule has 3 nitrogen and oxygen atoms in total. The molecule has 5 heteroatoms. The number of aryl methyl sites for hydroxylation is 1. The zero-order valence-electron chi connectivity index (χ0n) is 13.3. The highest BCUT2D eigenvalue weighted by Gasteiger charge is 2.17. The molecule has 3 rings (SSSR count). The van der Waals surface area contributed by atoms with Crippen molar-refractivity contribution in [2.75, 3.05) is 12.3 Å². The van der Waals surface area contributed by atoms with E-state index in [1.54, 1.807) is 24.8 Å². The summed E-state index contributed by atoms with van der Waals surface area (Å²) in [5, 5.41) is 3.49. The molecule has 1 amide bonds. The molecule has 0 spiro atoms. The zero-order chi connectivity index (χ0) is 16.9. The Morgan fingerprint density at radius 3 is 2.79 bits per heavy atom. The monoisotopic (exact) mass is 343 g/mol. The van der Waals surface area contributed by atoms with Crippen molar-refractivity contribution in [1.29, 1.82) is 0 Å². The van der Waals surface area contributed by atoms with Crippen molar-refractivity contribution in [2.24, 2.45) is 0 Å². The fourth-order valence-corrected chi connectivity index (χ4v) is 3.31. The van der Waals surface area contributed by atoms with E-state index in [0.29, 0.717) is 23.1 Å². The molecule has 3 aromatic rings. The second kappa shape index (κ2) is 7.53. The summed E-state index contributed by atoms with van der Waals surface area (Å²) >= 11 is 1.76. The van der Waals surface area contributed by atoms with E-state index in [9.17, 15) is 9.18 Å². The van der Waals surface area contributed by atoms with Crippen molar-refractivity contribution >= 4 is 28.6 Å². The second-order valence-corrected chi connectivity index (χ2v) is 6.60. The number of benzene rings is 2. The molecule has 0 fully saturated rings. The standard InChI is InChI=1S/C19H18FNO2S/c1-13-16-11-15(20)7-8-17(16)23-18(13)19(22)21-9-10-24-12-14-5-3-2-4-6-14/h2-8,11H,9-10,12H2,1H3,(H,21,22). The molecular weight excluding hydrogens is 325 g/mol. The van der Waals surface area contributed by atoms with Crippen LogP contribution in [0.25, 0.3) is 11.0 Å². The summed E-state index contributed by atoms with van der Waals surface area (Å²) in [5.41, 5.74) is 2.46. The van der Waals surface area contributed by atoms with Crippen molar-refractivity contribution in [3.63, 3.8) is 0 Å². The van der Waals surface area contributed by atoms with Crippen LogP contribution in [0, 0.1) is 12.7 Å². The molecule has 0 aliphatic rings. The molecule has 124 valence electrons. The van der Waals surface area contributed by atoms with E-state index in [4.69, 9.17) is 4.42 Å². The van der Waals surface area contributed by atoms with Crippen LogP contribution in [-0.4, -0.2) is 18.2 Å². The van der Waals surface area contributed by atoms with E-state index in [0.717, 1.165) is 11.5 Å². The highest BCUT2D eigenvalue weighted by Crippen LogP contribution is 2.25. The third-order valence-corrected chi connectivity index (χ3v) is 4.78. The first-order valence-electron chi connectivity index (χ1n) is 7.73. The van der Waals surface area contributed by atoms with Crippen LogP contribution >= 0.6 is 11.8 Å². The van der Waals surface area contributed by atoms with E-state index < -0.39 is 0 Å². The van der Waals surface area contributed by atoms with Gasteiger partial charge in [-0.2, -0.15) is 11.8 Å². The number of amides is 1. The van der Waals surface area contributed by atoms with E-state index in [1.165, 1.54) is 17.7 Å². The molecule has 1 N–H and O–H groups in total. The van der Waals surface area contributed by atoms with Gasteiger partial charge in [0, 0.05) is 29.0 Å². The Kier molecular flexibility index (Phi) is 5.20. The predicted molar refractivity (Wildman–Crippen MR) is 95.8 cm³/mol. The second-order valence-electron chi connectivity index (χ2n) is 5.49. The Labute approximate surface area is 144 Å². The smallest absolute Gasteiger partial charge is 0.287 e. The lowest BCUT2D eigenvalue weighted by atomic mass is 10.1. The highest BCUT2D eigenvalue weighted by molar-refractivity contribution is 7.98. The van der Waals surface area contributed by atoms with Gasteiger partial charge >= 0.3 is 0 Å². The fourth-order valence-electron chi connectivity index (χ4n) is 2.49. The normalized spacial score (nSPS) is 10.9. The van der Waals surface area contributed by atoms with Gasteiger partial charge in [0.05, 0.1) is 0 Å². The Hall–Kier alpha value is -2.27. The lowest BCUT2D eigenvalue weighted by molar-refractivity contribution is 0.0930. The Morgan fingerprint density at radius 2 is 2.00 bits per heavy atom. The Morgan fingerprint density at radius 1 is 1.21 bits per heavy atom. The van der Waals surface area contributed by atoms with Gasteiger partial charge in [-0.1, -0.05) is 30.3 Å². The molecule has 0 unspecified atom stereocenters. The molecule has 24 heavy (non-hydrogen) atoms. The SMILES string of the molecule is Cc1c(C(=O)NCCSCc2ccccc2)oc2ccc(F)cc12.